The summed E-state index contributed by atoms with van der Waals surface area (Å²) in [5.41, 5.74) is 2.82. The lowest BCUT2D eigenvalue weighted by molar-refractivity contribution is 0.0664. The van der Waals surface area contributed by atoms with Crippen molar-refractivity contribution in [1.82, 2.24) is 24.6 Å². The third-order valence-corrected chi connectivity index (χ3v) is 6.46. The zero-order chi connectivity index (χ0) is 21.1. The number of rotatable bonds is 5. The summed E-state index contributed by atoms with van der Waals surface area (Å²) in [6, 6.07) is 15.5. The van der Waals surface area contributed by atoms with Crippen molar-refractivity contribution in [2.24, 2.45) is 0 Å². The van der Waals surface area contributed by atoms with Gasteiger partial charge in [0.25, 0.3) is 5.91 Å². The Morgan fingerprint density at radius 2 is 1.80 bits per heavy atom. The van der Waals surface area contributed by atoms with Crippen LogP contribution in [0.25, 0.3) is 5.69 Å². The standard InChI is InChI=1S/C22H24ClN5OS/c1-16-24-25-22(28(16)20-5-3-4-19(23)14-20)30-15-17-6-8-18(9-7-17)21(29)27-12-10-26(2)11-13-27/h3-9,14H,10-13,15H2,1-2H3. The number of hydrogen-bond donors (Lipinski definition) is 0. The van der Waals surface area contributed by atoms with Crippen LogP contribution < -0.4 is 0 Å². The van der Waals surface area contributed by atoms with Crippen molar-refractivity contribution in [3.63, 3.8) is 0 Å². The minimum absolute atomic E-state index is 0.110. The number of halogens is 1. The van der Waals surface area contributed by atoms with Crippen LogP contribution in [0.1, 0.15) is 21.7 Å². The molecule has 1 amide bonds. The third kappa shape index (κ3) is 4.69. The van der Waals surface area contributed by atoms with E-state index in [1.165, 1.54) is 0 Å². The molecule has 3 aromatic rings. The van der Waals surface area contributed by atoms with Crippen LogP contribution in [-0.2, 0) is 5.75 Å². The highest BCUT2D eigenvalue weighted by Gasteiger charge is 2.20. The molecule has 2 aromatic carbocycles. The van der Waals surface area contributed by atoms with Crippen LogP contribution >= 0.6 is 23.4 Å². The number of hydrogen-bond acceptors (Lipinski definition) is 5. The molecule has 0 N–H and O–H groups in total. The van der Waals surface area contributed by atoms with Gasteiger partial charge in [-0.05, 0) is 49.9 Å². The lowest BCUT2D eigenvalue weighted by Crippen LogP contribution is -2.47. The highest BCUT2D eigenvalue weighted by molar-refractivity contribution is 7.98. The van der Waals surface area contributed by atoms with Crippen LogP contribution in [0.5, 0.6) is 0 Å². The first kappa shape index (κ1) is 20.9. The first-order chi connectivity index (χ1) is 14.5. The fourth-order valence-corrected chi connectivity index (χ4v) is 4.57. The summed E-state index contributed by atoms with van der Waals surface area (Å²) < 4.78 is 2.00. The van der Waals surface area contributed by atoms with Crippen molar-refractivity contribution in [3.8, 4) is 5.69 Å². The van der Waals surface area contributed by atoms with Gasteiger partial charge >= 0.3 is 0 Å². The molecule has 1 fully saturated rings. The Balaban J connectivity index is 1.42. The van der Waals surface area contributed by atoms with Gasteiger partial charge in [0.2, 0.25) is 0 Å². The number of piperazine rings is 1. The summed E-state index contributed by atoms with van der Waals surface area (Å²) in [5, 5.41) is 10.0. The van der Waals surface area contributed by atoms with E-state index >= 15 is 0 Å². The average molecular weight is 442 g/mol. The summed E-state index contributed by atoms with van der Waals surface area (Å²) in [5.74, 6) is 1.66. The Kier molecular flexibility index (Phi) is 6.41. The number of likely N-dealkylation sites (N-methyl/N-ethyl adjacent to an activating group) is 1. The molecule has 0 unspecified atom stereocenters. The maximum Gasteiger partial charge on any atom is 0.253 e. The van der Waals surface area contributed by atoms with E-state index < -0.39 is 0 Å². The van der Waals surface area contributed by atoms with Gasteiger partial charge in [-0.15, -0.1) is 10.2 Å². The van der Waals surface area contributed by atoms with Crippen LogP contribution in [0.2, 0.25) is 5.02 Å². The van der Waals surface area contributed by atoms with Gasteiger partial charge in [0, 0.05) is 42.5 Å². The van der Waals surface area contributed by atoms with Crippen LogP contribution in [0.4, 0.5) is 0 Å². The minimum Gasteiger partial charge on any atom is -0.336 e. The van der Waals surface area contributed by atoms with Crippen molar-refractivity contribution < 1.29 is 4.79 Å². The van der Waals surface area contributed by atoms with Crippen molar-refractivity contribution in [1.29, 1.82) is 0 Å². The van der Waals surface area contributed by atoms with Crippen LogP contribution in [-0.4, -0.2) is 63.7 Å². The highest BCUT2D eigenvalue weighted by Crippen LogP contribution is 2.26. The van der Waals surface area contributed by atoms with Gasteiger partial charge in [-0.3, -0.25) is 9.36 Å². The quantitative estimate of drug-likeness (QED) is 0.562. The molecule has 2 heterocycles. The number of thioether (sulfide) groups is 1. The first-order valence-electron chi connectivity index (χ1n) is 9.89. The van der Waals surface area contributed by atoms with E-state index in [0.29, 0.717) is 5.02 Å². The van der Waals surface area contributed by atoms with Crippen LogP contribution in [0.3, 0.4) is 0 Å². The maximum atomic E-state index is 12.7. The Hall–Kier alpha value is -2.35. The molecule has 4 rings (SSSR count). The normalized spacial score (nSPS) is 14.8. The summed E-state index contributed by atoms with van der Waals surface area (Å²) in [6.45, 7) is 5.34. The molecule has 0 saturated carbocycles. The molecule has 1 aromatic heterocycles. The van der Waals surface area contributed by atoms with E-state index in [2.05, 4.69) is 22.1 Å². The van der Waals surface area contributed by atoms with Gasteiger partial charge < -0.3 is 9.80 Å². The SMILES string of the molecule is Cc1nnc(SCc2ccc(C(=O)N3CCN(C)CC3)cc2)n1-c1cccc(Cl)c1. The van der Waals surface area contributed by atoms with E-state index in [0.717, 1.165) is 59.7 Å². The Morgan fingerprint density at radius 1 is 1.07 bits per heavy atom. The second-order valence-corrected chi connectivity index (χ2v) is 8.81. The Morgan fingerprint density at radius 3 is 2.50 bits per heavy atom. The van der Waals surface area contributed by atoms with Gasteiger partial charge in [0.1, 0.15) is 5.82 Å². The molecule has 0 aliphatic carbocycles. The van der Waals surface area contributed by atoms with Gasteiger partial charge in [0.15, 0.2) is 5.16 Å². The van der Waals surface area contributed by atoms with Crippen LogP contribution in [0, 0.1) is 6.92 Å². The lowest BCUT2D eigenvalue weighted by atomic mass is 10.1. The number of carbonyl (C=O) groups is 1. The number of nitrogens with zero attached hydrogens (tertiary/aromatic N) is 5. The molecule has 1 saturated heterocycles. The zero-order valence-corrected chi connectivity index (χ0v) is 18.7. The topological polar surface area (TPSA) is 54.3 Å². The molecule has 1 aliphatic rings. The highest BCUT2D eigenvalue weighted by atomic mass is 35.5. The van der Waals surface area contributed by atoms with E-state index in [1.54, 1.807) is 11.8 Å². The molecule has 8 heteroatoms. The summed E-state index contributed by atoms with van der Waals surface area (Å²) in [6.07, 6.45) is 0. The van der Waals surface area contributed by atoms with E-state index in [1.807, 2.05) is 64.9 Å². The van der Waals surface area contributed by atoms with Crippen molar-refractivity contribution in [2.75, 3.05) is 33.2 Å². The summed E-state index contributed by atoms with van der Waals surface area (Å²) in [4.78, 5) is 16.9. The number of aryl methyl sites for hydroxylation is 1. The molecular formula is C22H24ClN5OS. The van der Waals surface area contributed by atoms with E-state index in [-0.39, 0.29) is 5.91 Å². The molecular weight excluding hydrogens is 418 g/mol. The second-order valence-electron chi connectivity index (χ2n) is 7.43. The lowest BCUT2D eigenvalue weighted by Gasteiger charge is -2.32. The monoisotopic (exact) mass is 441 g/mol. The predicted molar refractivity (Wildman–Crippen MR) is 121 cm³/mol. The number of aromatic nitrogens is 3. The molecule has 0 bridgehead atoms. The molecule has 0 atom stereocenters. The van der Waals surface area contributed by atoms with Gasteiger partial charge in [-0.2, -0.15) is 0 Å². The van der Waals surface area contributed by atoms with Gasteiger partial charge in [0.05, 0.1) is 5.69 Å². The van der Waals surface area contributed by atoms with Crippen LogP contribution in [0.15, 0.2) is 53.7 Å². The minimum atomic E-state index is 0.110. The van der Waals surface area contributed by atoms with E-state index in [4.69, 9.17) is 11.6 Å². The van der Waals surface area contributed by atoms with Crippen molar-refractivity contribution in [3.05, 3.63) is 70.5 Å². The zero-order valence-electron chi connectivity index (χ0n) is 17.1. The first-order valence-corrected chi connectivity index (χ1v) is 11.2. The molecule has 30 heavy (non-hydrogen) atoms. The molecule has 1 aliphatic heterocycles. The van der Waals surface area contributed by atoms with E-state index in [9.17, 15) is 4.79 Å². The van der Waals surface area contributed by atoms with Crippen molar-refractivity contribution in [2.45, 2.75) is 17.8 Å². The Labute approximate surface area is 185 Å². The Bertz CT molecular complexity index is 1030. The molecule has 0 radical (unpaired) electrons. The largest absolute Gasteiger partial charge is 0.336 e. The third-order valence-electron chi connectivity index (χ3n) is 5.22. The molecule has 6 nitrogen and oxygen atoms in total. The number of amides is 1. The average Bonchev–Trinajstić information content (AvgIpc) is 3.13. The summed E-state index contributed by atoms with van der Waals surface area (Å²) in [7, 11) is 2.09. The fraction of sp³-hybridized carbons (Fsp3) is 0.318. The molecule has 0 spiro atoms. The van der Waals surface area contributed by atoms with Gasteiger partial charge in [-0.1, -0.05) is 41.6 Å². The number of carbonyl (C=O) groups excluding carboxylic acids is 1. The fourth-order valence-electron chi connectivity index (χ4n) is 3.43. The van der Waals surface area contributed by atoms with Crippen molar-refractivity contribution >= 4 is 29.3 Å². The summed E-state index contributed by atoms with van der Waals surface area (Å²) >= 11 is 7.76. The maximum absolute atomic E-state index is 12.7. The smallest absolute Gasteiger partial charge is 0.253 e. The van der Waals surface area contributed by atoms with Gasteiger partial charge in [-0.25, -0.2) is 0 Å². The molecule has 156 valence electrons. The predicted octanol–water partition coefficient (Wildman–Crippen LogP) is 3.91. The second kappa shape index (κ2) is 9.20. The number of benzene rings is 2.